The van der Waals surface area contributed by atoms with Crippen LogP contribution < -0.4 is 5.73 Å². The molecule has 80 valence electrons. The molecular formula is C12H13F2N. The molecule has 0 aromatic heterocycles. The van der Waals surface area contributed by atoms with Gasteiger partial charge in [-0.05, 0) is 37.2 Å². The summed E-state index contributed by atoms with van der Waals surface area (Å²) in [6, 6.07) is 3.69. The summed E-state index contributed by atoms with van der Waals surface area (Å²) in [4.78, 5) is 0. The second-order valence-corrected chi connectivity index (χ2v) is 5.13. The highest BCUT2D eigenvalue weighted by atomic mass is 19.1. The minimum atomic E-state index is -0.547. The summed E-state index contributed by atoms with van der Waals surface area (Å²) in [5.41, 5.74) is 6.47. The van der Waals surface area contributed by atoms with Crippen LogP contribution in [-0.4, -0.2) is 0 Å². The van der Waals surface area contributed by atoms with E-state index in [-0.39, 0.29) is 0 Å². The normalized spacial score (nSPS) is 25.0. The van der Waals surface area contributed by atoms with E-state index in [1.54, 1.807) is 0 Å². The van der Waals surface area contributed by atoms with Crippen molar-refractivity contribution in [2.24, 2.45) is 11.1 Å². The molecule has 1 aromatic carbocycles. The second-order valence-electron chi connectivity index (χ2n) is 5.13. The van der Waals surface area contributed by atoms with Gasteiger partial charge in [-0.2, -0.15) is 0 Å². The predicted molar refractivity (Wildman–Crippen MR) is 53.1 cm³/mol. The molecule has 15 heavy (non-hydrogen) atoms. The number of halogens is 2. The first-order valence-corrected chi connectivity index (χ1v) is 5.28. The van der Waals surface area contributed by atoms with Gasteiger partial charge in [0.15, 0.2) is 0 Å². The summed E-state index contributed by atoms with van der Waals surface area (Å²) in [5.74, 6) is -1.05. The van der Waals surface area contributed by atoms with Gasteiger partial charge in [-0.25, -0.2) is 8.78 Å². The lowest BCUT2D eigenvalue weighted by Crippen LogP contribution is -2.50. The molecule has 0 aliphatic heterocycles. The molecule has 3 heteroatoms. The van der Waals surface area contributed by atoms with Crippen LogP contribution in [0.1, 0.15) is 31.2 Å². The monoisotopic (exact) mass is 209 g/mol. The van der Waals surface area contributed by atoms with Crippen molar-refractivity contribution >= 4 is 0 Å². The van der Waals surface area contributed by atoms with Crippen molar-refractivity contribution in [1.82, 2.24) is 0 Å². The van der Waals surface area contributed by atoms with E-state index in [0.29, 0.717) is 11.0 Å². The van der Waals surface area contributed by atoms with Crippen LogP contribution in [0.4, 0.5) is 8.78 Å². The van der Waals surface area contributed by atoms with Gasteiger partial charge in [-0.15, -0.1) is 0 Å². The predicted octanol–water partition coefficient (Wildman–Crippen LogP) is 2.69. The van der Waals surface area contributed by atoms with Gasteiger partial charge in [-0.1, -0.05) is 6.07 Å². The zero-order chi connectivity index (χ0) is 10.7. The summed E-state index contributed by atoms with van der Waals surface area (Å²) in [6.07, 6.45) is 4.13. The lowest BCUT2D eigenvalue weighted by molar-refractivity contribution is 0.121. The molecule has 1 aromatic rings. The summed E-state index contributed by atoms with van der Waals surface area (Å²) in [5, 5.41) is 0. The molecule has 2 aliphatic rings. The molecule has 1 spiro atoms. The third kappa shape index (κ3) is 1.29. The van der Waals surface area contributed by atoms with Crippen molar-refractivity contribution in [2.75, 3.05) is 0 Å². The van der Waals surface area contributed by atoms with E-state index in [4.69, 9.17) is 5.73 Å². The molecule has 0 bridgehead atoms. The van der Waals surface area contributed by atoms with Crippen molar-refractivity contribution in [3.8, 4) is 0 Å². The van der Waals surface area contributed by atoms with Crippen LogP contribution in [-0.2, 0) is 5.54 Å². The molecule has 0 atom stereocenters. The fraction of sp³-hybridized carbons (Fsp3) is 0.500. The summed E-state index contributed by atoms with van der Waals surface area (Å²) < 4.78 is 26.3. The number of benzene rings is 1. The molecule has 2 aliphatic carbocycles. The Morgan fingerprint density at radius 3 is 2.33 bits per heavy atom. The van der Waals surface area contributed by atoms with Crippen LogP contribution in [0, 0.1) is 17.0 Å². The van der Waals surface area contributed by atoms with Gasteiger partial charge in [-0.3, -0.25) is 0 Å². The lowest BCUT2D eigenvalue weighted by atomic mass is 9.63. The van der Waals surface area contributed by atoms with Gasteiger partial charge >= 0.3 is 0 Å². The van der Waals surface area contributed by atoms with E-state index in [0.717, 1.165) is 18.9 Å². The Labute approximate surface area is 87.3 Å². The fourth-order valence-electron chi connectivity index (χ4n) is 2.90. The molecule has 0 heterocycles. The number of hydrogen-bond donors (Lipinski definition) is 1. The van der Waals surface area contributed by atoms with Crippen molar-refractivity contribution < 1.29 is 8.78 Å². The van der Waals surface area contributed by atoms with E-state index in [1.165, 1.54) is 25.0 Å². The number of hydrogen-bond acceptors (Lipinski definition) is 1. The van der Waals surface area contributed by atoms with E-state index in [2.05, 4.69) is 0 Å². The largest absolute Gasteiger partial charge is 0.321 e. The minimum absolute atomic E-state index is 0.412. The Balaban J connectivity index is 1.92. The maximum atomic E-state index is 13.5. The summed E-state index contributed by atoms with van der Waals surface area (Å²) in [6.45, 7) is 0. The molecular weight excluding hydrogens is 196 g/mol. The van der Waals surface area contributed by atoms with Gasteiger partial charge in [0.05, 0.1) is 0 Å². The van der Waals surface area contributed by atoms with Crippen molar-refractivity contribution in [2.45, 2.75) is 31.2 Å². The van der Waals surface area contributed by atoms with E-state index in [9.17, 15) is 8.78 Å². The fourth-order valence-corrected chi connectivity index (χ4v) is 2.90. The third-order valence-electron chi connectivity index (χ3n) is 3.81. The van der Waals surface area contributed by atoms with Gasteiger partial charge < -0.3 is 5.73 Å². The molecule has 1 nitrogen and oxygen atoms in total. The maximum Gasteiger partial charge on any atom is 0.131 e. The van der Waals surface area contributed by atoms with E-state index >= 15 is 0 Å². The zero-order valence-corrected chi connectivity index (χ0v) is 8.39. The molecule has 2 N–H and O–H groups in total. The van der Waals surface area contributed by atoms with Gasteiger partial charge in [0, 0.05) is 17.2 Å². The maximum absolute atomic E-state index is 13.5. The first-order chi connectivity index (χ1) is 7.03. The smallest absolute Gasteiger partial charge is 0.131 e. The zero-order valence-electron chi connectivity index (χ0n) is 8.39. The van der Waals surface area contributed by atoms with Gasteiger partial charge in [0.25, 0.3) is 0 Å². The second kappa shape index (κ2) is 2.59. The van der Waals surface area contributed by atoms with Gasteiger partial charge in [0.1, 0.15) is 11.6 Å². The first-order valence-electron chi connectivity index (χ1n) is 5.28. The SMILES string of the molecule is NC1(c2ccc(F)cc2F)CC2(CC2)C1. The lowest BCUT2D eigenvalue weighted by Gasteiger charge is -2.46. The van der Waals surface area contributed by atoms with Crippen LogP contribution in [0.5, 0.6) is 0 Å². The van der Waals surface area contributed by atoms with Crippen LogP contribution >= 0.6 is 0 Å². The van der Waals surface area contributed by atoms with Crippen LogP contribution in [0.3, 0.4) is 0 Å². The Bertz CT molecular complexity index is 416. The van der Waals surface area contributed by atoms with Crippen LogP contribution in [0.15, 0.2) is 18.2 Å². The van der Waals surface area contributed by atoms with Gasteiger partial charge in [0.2, 0.25) is 0 Å². The van der Waals surface area contributed by atoms with E-state index in [1.807, 2.05) is 0 Å². The molecule has 0 radical (unpaired) electrons. The molecule has 3 rings (SSSR count). The topological polar surface area (TPSA) is 26.0 Å². The highest BCUT2D eigenvalue weighted by Gasteiger charge is 2.60. The molecule has 0 saturated heterocycles. The Morgan fingerprint density at radius 2 is 1.80 bits per heavy atom. The first kappa shape index (κ1) is 9.28. The average molecular weight is 209 g/mol. The number of rotatable bonds is 1. The molecule has 0 amide bonds. The quantitative estimate of drug-likeness (QED) is 0.756. The van der Waals surface area contributed by atoms with Crippen molar-refractivity contribution in [1.29, 1.82) is 0 Å². The number of nitrogens with two attached hydrogens (primary N) is 1. The standard InChI is InChI=1S/C12H13F2N/c13-8-1-2-9(10(14)5-8)12(15)6-11(7-12)3-4-11/h1-2,5H,3-4,6-7,15H2. The molecule has 2 fully saturated rings. The van der Waals surface area contributed by atoms with Crippen molar-refractivity contribution in [3.05, 3.63) is 35.4 Å². The average Bonchev–Trinajstić information content (AvgIpc) is 2.82. The third-order valence-corrected chi connectivity index (χ3v) is 3.81. The van der Waals surface area contributed by atoms with Crippen LogP contribution in [0.2, 0.25) is 0 Å². The Hall–Kier alpha value is -0.960. The highest BCUT2D eigenvalue weighted by Crippen LogP contribution is 2.67. The van der Waals surface area contributed by atoms with Crippen molar-refractivity contribution in [3.63, 3.8) is 0 Å². The molecule has 0 unspecified atom stereocenters. The summed E-state index contributed by atoms with van der Waals surface area (Å²) >= 11 is 0. The van der Waals surface area contributed by atoms with E-state index < -0.39 is 17.2 Å². The highest BCUT2D eigenvalue weighted by molar-refractivity contribution is 5.32. The minimum Gasteiger partial charge on any atom is -0.321 e. The van der Waals surface area contributed by atoms with Crippen LogP contribution in [0.25, 0.3) is 0 Å². The Morgan fingerprint density at radius 1 is 1.13 bits per heavy atom. The summed E-state index contributed by atoms with van der Waals surface area (Å²) in [7, 11) is 0. The Kier molecular flexibility index (Phi) is 1.60. The molecule has 2 saturated carbocycles.